The van der Waals surface area contributed by atoms with Crippen LogP contribution in [0.1, 0.15) is 28.8 Å². The van der Waals surface area contributed by atoms with Gasteiger partial charge in [0.25, 0.3) is 5.91 Å². The third kappa shape index (κ3) is 6.63. The summed E-state index contributed by atoms with van der Waals surface area (Å²) < 4.78 is 19.0. The zero-order valence-electron chi connectivity index (χ0n) is 16.6. The molecule has 3 rings (SSSR count). The first kappa shape index (κ1) is 22.5. The number of aliphatic hydroxyl groups excluding tert-OH is 1. The fraction of sp³-hybridized carbons (Fsp3) is 0.227. The van der Waals surface area contributed by atoms with Gasteiger partial charge in [0.2, 0.25) is 0 Å². The molecule has 1 aromatic heterocycles. The van der Waals surface area contributed by atoms with E-state index in [1.54, 1.807) is 30.3 Å². The van der Waals surface area contributed by atoms with Crippen LogP contribution in [0, 0.1) is 5.82 Å². The van der Waals surface area contributed by atoms with Gasteiger partial charge in [-0.15, -0.1) is 0 Å². The van der Waals surface area contributed by atoms with Gasteiger partial charge >= 0.3 is 0 Å². The molecule has 0 saturated carbocycles. The highest BCUT2D eigenvalue weighted by Gasteiger charge is 2.13. The first-order valence-electron chi connectivity index (χ1n) is 9.69. The minimum atomic E-state index is -0.329. The van der Waals surface area contributed by atoms with Crippen LogP contribution in [0.15, 0.2) is 55.0 Å². The summed E-state index contributed by atoms with van der Waals surface area (Å²) in [7, 11) is 0. The summed E-state index contributed by atoms with van der Waals surface area (Å²) in [6, 6.07) is 11.2. The van der Waals surface area contributed by atoms with Crippen molar-refractivity contribution in [3.63, 3.8) is 0 Å². The number of aliphatic hydroxyl groups is 1. The first-order chi connectivity index (χ1) is 15.1. The van der Waals surface area contributed by atoms with Crippen LogP contribution < -0.4 is 15.4 Å². The largest absolute Gasteiger partial charge is 0.487 e. The van der Waals surface area contributed by atoms with E-state index in [0.29, 0.717) is 47.2 Å². The average molecular weight is 445 g/mol. The van der Waals surface area contributed by atoms with Crippen molar-refractivity contribution in [1.29, 1.82) is 0 Å². The zero-order chi connectivity index (χ0) is 22.1. The van der Waals surface area contributed by atoms with Crippen LogP contribution in [0.4, 0.5) is 15.9 Å². The number of aromatic nitrogens is 2. The number of anilines is 2. The quantitative estimate of drug-likeness (QED) is 0.407. The van der Waals surface area contributed by atoms with Gasteiger partial charge in [0.05, 0.1) is 5.02 Å². The number of halogens is 2. The summed E-state index contributed by atoms with van der Waals surface area (Å²) in [6.07, 6.45) is 4.05. The summed E-state index contributed by atoms with van der Waals surface area (Å²) in [5.74, 6) is 0.132. The molecule has 2 aromatic carbocycles. The standard InChI is InChI=1S/C22H22ClFN4O3/c23-19-11-17(6-7-20(19)31-13-15-4-3-5-16(24)10-15)28-21-18(12-25-14-27-21)22(30)26-8-1-2-9-29/h3-7,10-12,14,29H,1-2,8-9,13H2,(H,26,30)(H,25,27,28). The number of nitrogens with zero attached hydrogens (tertiary/aromatic N) is 2. The Balaban J connectivity index is 1.65. The molecule has 3 N–H and O–H groups in total. The van der Waals surface area contributed by atoms with Crippen molar-refractivity contribution in [2.75, 3.05) is 18.5 Å². The topological polar surface area (TPSA) is 96.4 Å². The van der Waals surface area contributed by atoms with Crippen LogP contribution in [0.3, 0.4) is 0 Å². The van der Waals surface area contributed by atoms with Gasteiger partial charge in [-0.2, -0.15) is 0 Å². The molecule has 1 heterocycles. The molecule has 0 atom stereocenters. The van der Waals surface area contributed by atoms with E-state index in [9.17, 15) is 9.18 Å². The van der Waals surface area contributed by atoms with E-state index in [1.807, 2.05) is 0 Å². The maximum atomic E-state index is 13.3. The predicted octanol–water partition coefficient (Wildman–Crippen LogP) is 4.09. The number of benzene rings is 2. The van der Waals surface area contributed by atoms with Crippen LogP contribution in [0.5, 0.6) is 5.75 Å². The third-order valence-corrected chi connectivity index (χ3v) is 4.60. The molecule has 162 valence electrons. The molecule has 9 heteroatoms. The molecule has 31 heavy (non-hydrogen) atoms. The molecular weight excluding hydrogens is 423 g/mol. The van der Waals surface area contributed by atoms with Gasteiger partial charge in [-0.05, 0) is 48.7 Å². The minimum Gasteiger partial charge on any atom is -0.487 e. The van der Waals surface area contributed by atoms with Crippen molar-refractivity contribution in [2.24, 2.45) is 0 Å². The van der Waals surface area contributed by atoms with Gasteiger partial charge < -0.3 is 20.5 Å². The Morgan fingerprint density at radius 1 is 1.19 bits per heavy atom. The molecule has 0 bridgehead atoms. The predicted molar refractivity (Wildman–Crippen MR) is 116 cm³/mol. The molecule has 0 unspecified atom stereocenters. The van der Waals surface area contributed by atoms with Crippen LogP contribution in [0.2, 0.25) is 5.02 Å². The molecule has 1 amide bonds. The maximum Gasteiger partial charge on any atom is 0.256 e. The van der Waals surface area contributed by atoms with Crippen LogP contribution in [-0.2, 0) is 6.61 Å². The highest BCUT2D eigenvalue weighted by Crippen LogP contribution is 2.30. The van der Waals surface area contributed by atoms with Gasteiger partial charge in [-0.1, -0.05) is 23.7 Å². The zero-order valence-corrected chi connectivity index (χ0v) is 17.4. The second-order valence-electron chi connectivity index (χ2n) is 6.66. The van der Waals surface area contributed by atoms with Crippen LogP contribution in [-0.4, -0.2) is 34.1 Å². The second kappa shape index (κ2) is 11.2. The second-order valence-corrected chi connectivity index (χ2v) is 7.07. The van der Waals surface area contributed by atoms with E-state index in [2.05, 4.69) is 20.6 Å². The lowest BCUT2D eigenvalue weighted by Crippen LogP contribution is -2.25. The first-order valence-corrected chi connectivity index (χ1v) is 10.1. The summed E-state index contributed by atoms with van der Waals surface area (Å²) in [4.78, 5) is 20.5. The molecule has 0 spiro atoms. The highest BCUT2D eigenvalue weighted by atomic mass is 35.5. The SMILES string of the molecule is O=C(NCCCCO)c1cncnc1Nc1ccc(OCc2cccc(F)c2)c(Cl)c1. The number of carbonyl (C=O) groups is 1. The lowest BCUT2D eigenvalue weighted by atomic mass is 10.2. The van der Waals surface area contributed by atoms with E-state index < -0.39 is 0 Å². The number of amides is 1. The third-order valence-electron chi connectivity index (χ3n) is 4.31. The maximum absolute atomic E-state index is 13.3. The Kier molecular flexibility index (Phi) is 8.14. The molecule has 0 saturated heterocycles. The molecule has 0 aliphatic rings. The number of rotatable bonds is 10. The number of unbranched alkanes of at least 4 members (excludes halogenated alkanes) is 1. The van der Waals surface area contributed by atoms with Gasteiger partial charge in [0.15, 0.2) is 0 Å². The van der Waals surface area contributed by atoms with E-state index in [0.717, 1.165) is 0 Å². The van der Waals surface area contributed by atoms with E-state index in [-0.39, 0.29) is 30.5 Å². The Labute approximate surface area is 184 Å². The number of hydrogen-bond donors (Lipinski definition) is 3. The average Bonchev–Trinajstić information content (AvgIpc) is 2.76. The molecular formula is C22H22ClFN4O3. The van der Waals surface area contributed by atoms with Crippen LogP contribution in [0.25, 0.3) is 0 Å². The van der Waals surface area contributed by atoms with Crippen molar-refractivity contribution in [3.05, 3.63) is 77.0 Å². The van der Waals surface area contributed by atoms with E-state index in [1.165, 1.54) is 24.7 Å². The molecule has 0 fully saturated rings. The highest BCUT2D eigenvalue weighted by molar-refractivity contribution is 6.32. The summed E-state index contributed by atoms with van der Waals surface area (Å²) in [6.45, 7) is 0.702. The normalized spacial score (nSPS) is 10.5. The molecule has 0 aliphatic heterocycles. The Morgan fingerprint density at radius 2 is 2.06 bits per heavy atom. The molecule has 7 nitrogen and oxygen atoms in total. The van der Waals surface area contributed by atoms with Gasteiger partial charge in [0, 0.05) is 25.0 Å². The van der Waals surface area contributed by atoms with Gasteiger partial charge in [0.1, 0.15) is 35.9 Å². The summed E-state index contributed by atoms with van der Waals surface area (Å²) in [5.41, 5.74) is 1.58. The lowest BCUT2D eigenvalue weighted by molar-refractivity contribution is 0.0952. The Morgan fingerprint density at radius 3 is 2.84 bits per heavy atom. The Bertz CT molecular complexity index is 1040. The minimum absolute atomic E-state index is 0.0832. The van der Waals surface area contributed by atoms with Crippen molar-refractivity contribution >= 4 is 29.0 Å². The Hall–Kier alpha value is -3.23. The lowest BCUT2D eigenvalue weighted by Gasteiger charge is -2.13. The smallest absolute Gasteiger partial charge is 0.256 e. The van der Waals surface area contributed by atoms with E-state index >= 15 is 0 Å². The van der Waals surface area contributed by atoms with Crippen molar-refractivity contribution < 1.29 is 19.0 Å². The fourth-order valence-electron chi connectivity index (χ4n) is 2.75. The van der Waals surface area contributed by atoms with Gasteiger partial charge in [-0.3, -0.25) is 4.79 Å². The molecule has 0 aliphatic carbocycles. The number of hydrogen-bond acceptors (Lipinski definition) is 6. The molecule has 3 aromatic rings. The fourth-order valence-corrected chi connectivity index (χ4v) is 2.98. The van der Waals surface area contributed by atoms with Crippen molar-refractivity contribution in [3.8, 4) is 5.75 Å². The number of nitrogens with one attached hydrogen (secondary N) is 2. The number of ether oxygens (including phenoxy) is 1. The van der Waals surface area contributed by atoms with Crippen LogP contribution >= 0.6 is 11.6 Å². The summed E-state index contributed by atoms with van der Waals surface area (Å²) in [5, 5.41) is 15.0. The number of carbonyl (C=O) groups excluding carboxylic acids is 1. The monoisotopic (exact) mass is 444 g/mol. The van der Waals surface area contributed by atoms with E-state index in [4.69, 9.17) is 21.4 Å². The van der Waals surface area contributed by atoms with Gasteiger partial charge in [-0.25, -0.2) is 14.4 Å². The summed E-state index contributed by atoms with van der Waals surface area (Å²) >= 11 is 6.32. The van der Waals surface area contributed by atoms with Crippen molar-refractivity contribution in [2.45, 2.75) is 19.4 Å². The molecule has 0 radical (unpaired) electrons. The van der Waals surface area contributed by atoms with Crippen molar-refractivity contribution in [1.82, 2.24) is 15.3 Å².